The van der Waals surface area contributed by atoms with Crippen LogP contribution in [0.4, 0.5) is 18.9 Å². The molecule has 0 atom stereocenters. The summed E-state index contributed by atoms with van der Waals surface area (Å²) in [6, 6.07) is 9.26. The minimum atomic E-state index is -4.47. The molecule has 0 aliphatic rings. The van der Waals surface area contributed by atoms with E-state index in [2.05, 4.69) is 10.3 Å². The van der Waals surface area contributed by atoms with Crippen molar-refractivity contribution in [3.8, 4) is 0 Å². The number of nitrogens with zero attached hydrogens (tertiary/aromatic N) is 1. The molecule has 0 saturated heterocycles. The summed E-state index contributed by atoms with van der Waals surface area (Å²) >= 11 is 0. The van der Waals surface area contributed by atoms with Crippen LogP contribution in [0.15, 0.2) is 46.9 Å². The first-order chi connectivity index (χ1) is 10.8. The number of alkyl halides is 3. The maximum absolute atomic E-state index is 12.7. The van der Waals surface area contributed by atoms with Crippen LogP contribution < -0.4 is 5.32 Å². The molecule has 1 N–H and O–H groups in total. The number of nitrogens with one attached hydrogen (secondary N) is 1. The van der Waals surface area contributed by atoms with Crippen LogP contribution in [-0.4, -0.2) is 10.9 Å². The predicted molar refractivity (Wildman–Crippen MR) is 78.1 cm³/mol. The summed E-state index contributed by atoms with van der Waals surface area (Å²) < 4.78 is 43.4. The van der Waals surface area contributed by atoms with E-state index < -0.39 is 17.6 Å². The monoisotopic (exact) mass is 320 g/mol. The zero-order chi connectivity index (χ0) is 16.6. The topological polar surface area (TPSA) is 55.1 Å². The molecule has 2 aromatic heterocycles. The lowest BCUT2D eigenvalue weighted by Gasteiger charge is -2.09. The van der Waals surface area contributed by atoms with Crippen molar-refractivity contribution in [3.05, 3.63) is 59.5 Å². The maximum atomic E-state index is 12.7. The van der Waals surface area contributed by atoms with Gasteiger partial charge in [-0.25, -0.2) is 4.98 Å². The summed E-state index contributed by atoms with van der Waals surface area (Å²) in [6.45, 7) is 1.80. The van der Waals surface area contributed by atoms with Crippen LogP contribution in [0.1, 0.15) is 21.8 Å². The van der Waals surface area contributed by atoms with Crippen molar-refractivity contribution in [1.82, 2.24) is 4.98 Å². The van der Waals surface area contributed by atoms with Gasteiger partial charge in [-0.3, -0.25) is 4.79 Å². The van der Waals surface area contributed by atoms with Gasteiger partial charge in [0.1, 0.15) is 5.52 Å². The highest BCUT2D eigenvalue weighted by molar-refractivity contribution is 6.04. The molecule has 3 aromatic rings. The van der Waals surface area contributed by atoms with Gasteiger partial charge in [0.25, 0.3) is 5.91 Å². The molecule has 0 fully saturated rings. The van der Waals surface area contributed by atoms with Gasteiger partial charge in [0, 0.05) is 17.4 Å². The van der Waals surface area contributed by atoms with Crippen LogP contribution in [0.3, 0.4) is 0 Å². The molecule has 3 rings (SSSR count). The second kappa shape index (κ2) is 5.42. The molecule has 1 aromatic carbocycles. The van der Waals surface area contributed by atoms with Crippen LogP contribution in [0, 0.1) is 6.92 Å². The SMILES string of the molecule is Cc1ccc2oc(C(=O)Nc3cccc(C(F)(F)F)c3)cc2n1. The number of carbonyl (C=O) groups excluding carboxylic acids is 1. The molecule has 7 heteroatoms. The molecule has 0 aliphatic carbocycles. The van der Waals surface area contributed by atoms with Gasteiger partial charge in [0.2, 0.25) is 0 Å². The lowest BCUT2D eigenvalue weighted by atomic mass is 10.2. The van der Waals surface area contributed by atoms with E-state index in [0.29, 0.717) is 11.1 Å². The first-order valence-electron chi connectivity index (χ1n) is 6.69. The average Bonchev–Trinajstić information content (AvgIpc) is 2.90. The number of hydrogen-bond acceptors (Lipinski definition) is 3. The van der Waals surface area contributed by atoms with E-state index in [0.717, 1.165) is 17.8 Å². The minimum Gasteiger partial charge on any atom is -0.449 e. The third-order valence-electron chi connectivity index (χ3n) is 3.18. The van der Waals surface area contributed by atoms with E-state index in [1.807, 2.05) is 0 Å². The molecule has 0 bridgehead atoms. The normalized spacial score (nSPS) is 11.7. The van der Waals surface area contributed by atoms with Gasteiger partial charge in [-0.15, -0.1) is 0 Å². The Hall–Kier alpha value is -2.83. The Morgan fingerprint density at radius 1 is 1.17 bits per heavy atom. The first kappa shape index (κ1) is 15.1. The van der Waals surface area contributed by atoms with Crippen molar-refractivity contribution in [3.63, 3.8) is 0 Å². The third-order valence-corrected chi connectivity index (χ3v) is 3.18. The predicted octanol–water partition coefficient (Wildman–Crippen LogP) is 4.41. The van der Waals surface area contributed by atoms with Gasteiger partial charge >= 0.3 is 6.18 Å². The van der Waals surface area contributed by atoms with Crippen molar-refractivity contribution in [2.24, 2.45) is 0 Å². The molecular weight excluding hydrogens is 309 g/mol. The van der Waals surface area contributed by atoms with Crippen LogP contribution in [0.2, 0.25) is 0 Å². The van der Waals surface area contributed by atoms with E-state index in [-0.39, 0.29) is 11.4 Å². The summed E-state index contributed by atoms with van der Waals surface area (Å²) in [6.07, 6.45) is -4.47. The molecule has 1 amide bonds. The number of anilines is 1. The van der Waals surface area contributed by atoms with Crippen LogP contribution in [0.5, 0.6) is 0 Å². The summed E-state index contributed by atoms with van der Waals surface area (Å²) in [4.78, 5) is 16.3. The number of furan rings is 1. The molecule has 23 heavy (non-hydrogen) atoms. The highest BCUT2D eigenvalue weighted by Gasteiger charge is 2.30. The van der Waals surface area contributed by atoms with E-state index in [4.69, 9.17) is 4.42 Å². The fraction of sp³-hybridized carbons (Fsp3) is 0.125. The number of carbonyl (C=O) groups is 1. The highest BCUT2D eigenvalue weighted by atomic mass is 19.4. The zero-order valence-corrected chi connectivity index (χ0v) is 11.9. The number of pyridine rings is 1. The number of halogens is 3. The van der Waals surface area contributed by atoms with Gasteiger partial charge in [0.15, 0.2) is 11.3 Å². The number of aromatic nitrogens is 1. The third kappa shape index (κ3) is 3.18. The first-order valence-corrected chi connectivity index (χ1v) is 6.69. The lowest BCUT2D eigenvalue weighted by Crippen LogP contribution is -2.12. The van der Waals surface area contributed by atoms with Crippen LogP contribution >= 0.6 is 0 Å². The van der Waals surface area contributed by atoms with Gasteiger partial charge in [-0.1, -0.05) is 6.07 Å². The highest BCUT2D eigenvalue weighted by Crippen LogP contribution is 2.30. The van der Waals surface area contributed by atoms with Gasteiger partial charge in [-0.2, -0.15) is 13.2 Å². The number of hydrogen-bond donors (Lipinski definition) is 1. The van der Waals surface area contributed by atoms with E-state index in [1.165, 1.54) is 18.2 Å². The quantitative estimate of drug-likeness (QED) is 0.761. The average molecular weight is 320 g/mol. The smallest absolute Gasteiger partial charge is 0.416 e. The van der Waals surface area contributed by atoms with Gasteiger partial charge < -0.3 is 9.73 Å². The molecule has 0 unspecified atom stereocenters. The molecule has 2 heterocycles. The number of fused-ring (bicyclic) bond motifs is 1. The fourth-order valence-electron chi connectivity index (χ4n) is 2.10. The Labute approximate surface area is 128 Å². The summed E-state index contributed by atoms with van der Waals surface area (Å²) in [7, 11) is 0. The van der Waals surface area contributed by atoms with Crippen molar-refractivity contribution in [2.75, 3.05) is 5.32 Å². The van der Waals surface area contributed by atoms with Crippen molar-refractivity contribution >= 4 is 22.7 Å². The zero-order valence-electron chi connectivity index (χ0n) is 11.9. The summed E-state index contributed by atoms with van der Waals surface area (Å²) in [5, 5.41) is 2.39. The Morgan fingerprint density at radius 2 is 1.96 bits per heavy atom. The van der Waals surface area contributed by atoms with Gasteiger partial charge in [0.05, 0.1) is 5.56 Å². The number of aryl methyl sites for hydroxylation is 1. The number of benzene rings is 1. The second-order valence-electron chi connectivity index (χ2n) is 4.98. The lowest BCUT2D eigenvalue weighted by molar-refractivity contribution is -0.137. The van der Waals surface area contributed by atoms with E-state index in [9.17, 15) is 18.0 Å². The largest absolute Gasteiger partial charge is 0.449 e. The Morgan fingerprint density at radius 3 is 2.70 bits per heavy atom. The van der Waals surface area contributed by atoms with E-state index >= 15 is 0 Å². The number of rotatable bonds is 2. The fourth-order valence-corrected chi connectivity index (χ4v) is 2.10. The number of amides is 1. The summed E-state index contributed by atoms with van der Waals surface area (Å²) in [5.41, 5.74) is 0.915. The molecule has 0 saturated carbocycles. The van der Waals surface area contributed by atoms with Crippen molar-refractivity contribution in [2.45, 2.75) is 13.1 Å². The molecule has 0 aliphatic heterocycles. The Bertz CT molecular complexity index is 884. The molecule has 0 radical (unpaired) electrons. The standard InChI is InChI=1S/C16H11F3N2O2/c1-9-5-6-13-12(20-9)8-14(23-13)15(22)21-11-4-2-3-10(7-11)16(17,18)19/h2-8H,1H3,(H,21,22). The van der Waals surface area contributed by atoms with E-state index in [1.54, 1.807) is 19.1 Å². The molecule has 118 valence electrons. The van der Waals surface area contributed by atoms with Crippen molar-refractivity contribution in [1.29, 1.82) is 0 Å². The molecule has 4 nitrogen and oxygen atoms in total. The maximum Gasteiger partial charge on any atom is 0.416 e. The van der Waals surface area contributed by atoms with Crippen LogP contribution in [0.25, 0.3) is 11.1 Å². The van der Waals surface area contributed by atoms with Gasteiger partial charge in [-0.05, 0) is 37.3 Å². The minimum absolute atomic E-state index is 0.0180. The van der Waals surface area contributed by atoms with Crippen molar-refractivity contribution < 1.29 is 22.4 Å². The second-order valence-corrected chi connectivity index (χ2v) is 4.98. The summed E-state index contributed by atoms with van der Waals surface area (Å²) in [5.74, 6) is -0.657. The molecule has 0 spiro atoms. The Kier molecular flexibility index (Phi) is 3.55. The Balaban J connectivity index is 1.86. The molecular formula is C16H11F3N2O2. The van der Waals surface area contributed by atoms with Crippen LogP contribution in [-0.2, 0) is 6.18 Å².